The van der Waals surface area contributed by atoms with Gasteiger partial charge in [-0.1, -0.05) is 55.5 Å². The first-order valence-corrected chi connectivity index (χ1v) is 8.45. The molecule has 4 rings (SSSR count). The summed E-state index contributed by atoms with van der Waals surface area (Å²) in [4.78, 5) is 14.5. The molecular formula is C20H22N2O. The van der Waals surface area contributed by atoms with Gasteiger partial charge in [0, 0.05) is 24.6 Å². The average molecular weight is 306 g/mol. The topological polar surface area (TPSA) is 32.3 Å². The fourth-order valence-corrected chi connectivity index (χ4v) is 4.11. The number of hydrogen-bond acceptors (Lipinski definition) is 2. The number of amides is 1. The third-order valence-corrected chi connectivity index (χ3v) is 5.22. The van der Waals surface area contributed by atoms with Crippen molar-refractivity contribution in [2.24, 2.45) is 5.92 Å². The van der Waals surface area contributed by atoms with Crippen molar-refractivity contribution in [3.63, 3.8) is 0 Å². The van der Waals surface area contributed by atoms with Gasteiger partial charge in [0.1, 0.15) is 0 Å². The molecule has 2 aliphatic heterocycles. The molecule has 0 saturated carbocycles. The Morgan fingerprint density at radius 3 is 2.52 bits per heavy atom. The van der Waals surface area contributed by atoms with Crippen LogP contribution in [0.4, 0.5) is 5.69 Å². The SMILES string of the molecule is C[C@H]1[C@@H](c2ccccc2)Nc2ccccc2[C@@H]1N1CCCC1=O. The molecule has 0 radical (unpaired) electrons. The number of para-hydroxylation sites is 1. The third kappa shape index (κ3) is 2.40. The summed E-state index contributed by atoms with van der Waals surface area (Å²) in [6, 6.07) is 19.4. The number of rotatable bonds is 2. The predicted molar refractivity (Wildman–Crippen MR) is 92.1 cm³/mol. The van der Waals surface area contributed by atoms with Crippen LogP contribution in [-0.4, -0.2) is 17.4 Å². The van der Waals surface area contributed by atoms with Crippen molar-refractivity contribution in [3.8, 4) is 0 Å². The Hall–Kier alpha value is -2.29. The molecule has 1 amide bonds. The summed E-state index contributed by atoms with van der Waals surface area (Å²) in [5.41, 5.74) is 3.69. The van der Waals surface area contributed by atoms with Gasteiger partial charge in [-0.15, -0.1) is 0 Å². The lowest BCUT2D eigenvalue weighted by atomic mass is 9.80. The molecule has 0 spiro atoms. The van der Waals surface area contributed by atoms with Crippen LogP contribution in [0.15, 0.2) is 54.6 Å². The minimum absolute atomic E-state index is 0.160. The molecule has 0 unspecified atom stereocenters. The normalized spacial score (nSPS) is 26.7. The molecule has 118 valence electrons. The van der Waals surface area contributed by atoms with Gasteiger partial charge in [-0.2, -0.15) is 0 Å². The smallest absolute Gasteiger partial charge is 0.223 e. The van der Waals surface area contributed by atoms with Gasteiger partial charge in [0.2, 0.25) is 5.91 Å². The Balaban J connectivity index is 1.78. The van der Waals surface area contributed by atoms with E-state index in [1.165, 1.54) is 11.1 Å². The van der Waals surface area contributed by atoms with Crippen molar-refractivity contribution in [1.29, 1.82) is 0 Å². The average Bonchev–Trinajstić information content (AvgIpc) is 3.01. The zero-order valence-electron chi connectivity index (χ0n) is 13.4. The number of likely N-dealkylation sites (tertiary alicyclic amines) is 1. The second kappa shape index (κ2) is 5.73. The lowest BCUT2D eigenvalue weighted by molar-refractivity contribution is -0.131. The van der Waals surface area contributed by atoms with E-state index in [9.17, 15) is 4.79 Å². The first-order chi connectivity index (χ1) is 11.3. The minimum Gasteiger partial charge on any atom is -0.378 e. The van der Waals surface area contributed by atoms with Gasteiger partial charge in [-0.05, 0) is 23.6 Å². The standard InChI is InChI=1S/C20H22N2O/c1-14-19(15-8-3-2-4-9-15)21-17-11-6-5-10-16(17)20(14)22-13-7-12-18(22)23/h2-6,8-11,14,19-21H,7,12-13H2,1H3/t14-,19-,20+/m0/s1. The van der Waals surface area contributed by atoms with Gasteiger partial charge in [0.25, 0.3) is 0 Å². The molecule has 3 atom stereocenters. The predicted octanol–water partition coefficient (Wildman–Crippen LogP) is 4.15. The Morgan fingerprint density at radius 2 is 1.78 bits per heavy atom. The highest BCUT2D eigenvalue weighted by Crippen LogP contribution is 2.46. The molecule has 3 nitrogen and oxygen atoms in total. The molecule has 3 heteroatoms. The van der Waals surface area contributed by atoms with E-state index in [0.717, 1.165) is 18.7 Å². The summed E-state index contributed by atoms with van der Waals surface area (Å²) in [6.07, 6.45) is 1.67. The molecule has 1 N–H and O–H groups in total. The summed E-state index contributed by atoms with van der Waals surface area (Å²) in [5, 5.41) is 3.69. The van der Waals surface area contributed by atoms with E-state index in [1.807, 2.05) is 6.07 Å². The number of hydrogen-bond donors (Lipinski definition) is 1. The van der Waals surface area contributed by atoms with Crippen molar-refractivity contribution in [2.75, 3.05) is 11.9 Å². The number of nitrogens with zero attached hydrogens (tertiary/aromatic N) is 1. The van der Waals surface area contributed by atoms with Crippen LogP contribution in [-0.2, 0) is 4.79 Å². The number of nitrogens with one attached hydrogen (secondary N) is 1. The maximum atomic E-state index is 12.4. The first kappa shape index (κ1) is 14.3. The molecule has 2 aliphatic rings. The van der Waals surface area contributed by atoms with Crippen LogP contribution in [0.1, 0.15) is 43.0 Å². The largest absolute Gasteiger partial charge is 0.378 e. The van der Waals surface area contributed by atoms with E-state index >= 15 is 0 Å². The van der Waals surface area contributed by atoms with Gasteiger partial charge in [-0.3, -0.25) is 4.79 Å². The number of benzene rings is 2. The number of fused-ring (bicyclic) bond motifs is 1. The van der Waals surface area contributed by atoms with Crippen LogP contribution in [0.25, 0.3) is 0 Å². The molecule has 2 heterocycles. The first-order valence-electron chi connectivity index (χ1n) is 8.45. The zero-order chi connectivity index (χ0) is 15.8. The summed E-state index contributed by atoms with van der Waals surface area (Å²) < 4.78 is 0. The highest BCUT2D eigenvalue weighted by atomic mass is 16.2. The molecule has 23 heavy (non-hydrogen) atoms. The molecular weight excluding hydrogens is 284 g/mol. The zero-order valence-corrected chi connectivity index (χ0v) is 13.4. The molecule has 2 aromatic rings. The minimum atomic E-state index is 0.160. The van der Waals surface area contributed by atoms with E-state index in [0.29, 0.717) is 18.2 Å². The number of carbonyl (C=O) groups excluding carboxylic acids is 1. The summed E-state index contributed by atoms with van der Waals surface area (Å²) in [5.74, 6) is 0.625. The lowest BCUT2D eigenvalue weighted by Gasteiger charge is -2.43. The quantitative estimate of drug-likeness (QED) is 0.904. The van der Waals surface area contributed by atoms with E-state index in [4.69, 9.17) is 0 Å². The highest BCUT2D eigenvalue weighted by Gasteiger charge is 2.40. The van der Waals surface area contributed by atoms with Crippen LogP contribution in [0.5, 0.6) is 0 Å². The van der Waals surface area contributed by atoms with Crippen LogP contribution in [0.2, 0.25) is 0 Å². The van der Waals surface area contributed by atoms with Crippen molar-refractivity contribution >= 4 is 11.6 Å². The van der Waals surface area contributed by atoms with Crippen molar-refractivity contribution < 1.29 is 4.79 Å². The van der Waals surface area contributed by atoms with Gasteiger partial charge >= 0.3 is 0 Å². The van der Waals surface area contributed by atoms with Gasteiger partial charge in [0.05, 0.1) is 12.1 Å². The Labute approximate surface area is 137 Å². The van der Waals surface area contributed by atoms with E-state index in [-0.39, 0.29) is 12.1 Å². The lowest BCUT2D eigenvalue weighted by Crippen LogP contribution is -2.40. The summed E-state index contributed by atoms with van der Waals surface area (Å²) in [7, 11) is 0. The number of anilines is 1. The molecule has 0 bridgehead atoms. The van der Waals surface area contributed by atoms with Crippen LogP contribution >= 0.6 is 0 Å². The second-order valence-corrected chi connectivity index (χ2v) is 6.61. The van der Waals surface area contributed by atoms with Gasteiger partial charge < -0.3 is 10.2 Å². The number of carbonyl (C=O) groups is 1. The van der Waals surface area contributed by atoms with Crippen molar-refractivity contribution in [2.45, 2.75) is 31.8 Å². The van der Waals surface area contributed by atoms with E-state index in [1.54, 1.807) is 0 Å². The van der Waals surface area contributed by atoms with Crippen molar-refractivity contribution in [1.82, 2.24) is 4.90 Å². The summed E-state index contributed by atoms with van der Waals surface area (Å²) in [6.45, 7) is 3.14. The molecule has 1 saturated heterocycles. The molecule has 0 aromatic heterocycles. The monoisotopic (exact) mass is 306 g/mol. The van der Waals surface area contributed by atoms with Crippen LogP contribution in [0.3, 0.4) is 0 Å². The maximum Gasteiger partial charge on any atom is 0.223 e. The fourth-order valence-electron chi connectivity index (χ4n) is 4.11. The molecule has 2 aromatic carbocycles. The third-order valence-electron chi connectivity index (χ3n) is 5.22. The van der Waals surface area contributed by atoms with Gasteiger partial charge in [-0.25, -0.2) is 0 Å². The Kier molecular flexibility index (Phi) is 3.56. The van der Waals surface area contributed by atoms with Gasteiger partial charge in [0.15, 0.2) is 0 Å². The van der Waals surface area contributed by atoms with E-state index in [2.05, 4.69) is 65.7 Å². The molecule has 0 aliphatic carbocycles. The Morgan fingerprint density at radius 1 is 1.04 bits per heavy atom. The van der Waals surface area contributed by atoms with Crippen LogP contribution in [0, 0.1) is 5.92 Å². The fraction of sp³-hybridized carbons (Fsp3) is 0.350. The highest BCUT2D eigenvalue weighted by molar-refractivity contribution is 5.79. The maximum absolute atomic E-state index is 12.4. The molecule has 1 fully saturated rings. The van der Waals surface area contributed by atoms with Crippen molar-refractivity contribution in [3.05, 3.63) is 65.7 Å². The summed E-state index contributed by atoms with van der Waals surface area (Å²) >= 11 is 0. The van der Waals surface area contributed by atoms with Crippen LogP contribution < -0.4 is 5.32 Å². The Bertz CT molecular complexity index is 713. The second-order valence-electron chi connectivity index (χ2n) is 6.61. The van der Waals surface area contributed by atoms with E-state index < -0.39 is 0 Å².